The summed E-state index contributed by atoms with van der Waals surface area (Å²) in [6.45, 7) is 1.88. The van der Waals surface area contributed by atoms with Gasteiger partial charge in [0.25, 0.3) is 0 Å². The predicted octanol–water partition coefficient (Wildman–Crippen LogP) is 3.16. The van der Waals surface area contributed by atoms with Crippen LogP contribution >= 0.6 is 11.8 Å². The average molecular weight is 275 g/mol. The van der Waals surface area contributed by atoms with Crippen LogP contribution in [0.2, 0.25) is 0 Å². The molecule has 2 heterocycles. The van der Waals surface area contributed by atoms with Crippen molar-refractivity contribution in [2.75, 3.05) is 7.11 Å². The summed E-state index contributed by atoms with van der Waals surface area (Å²) in [5.41, 5.74) is 2.82. The first-order valence-electron chi connectivity index (χ1n) is 5.83. The van der Waals surface area contributed by atoms with E-state index >= 15 is 0 Å². The number of nitrogens with one attached hydrogen (secondary N) is 1. The van der Waals surface area contributed by atoms with Crippen molar-refractivity contribution in [1.82, 2.24) is 15.1 Å². The van der Waals surface area contributed by atoms with Crippen LogP contribution in [-0.4, -0.2) is 22.2 Å². The molecule has 98 valence electrons. The molecule has 5 nitrogen and oxygen atoms in total. The zero-order valence-electron chi connectivity index (χ0n) is 10.6. The first-order chi connectivity index (χ1) is 9.24. The van der Waals surface area contributed by atoms with Crippen LogP contribution in [0, 0.1) is 6.92 Å². The largest absolute Gasteiger partial charge is 0.497 e. The quantitative estimate of drug-likeness (QED) is 0.741. The third-order valence-electron chi connectivity index (χ3n) is 2.70. The summed E-state index contributed by atoms with van der Waals surface area (Å²) < 4.78 is 10.2. The van der Waals surface area contributed by atoms with Crippen LogP contribution in [0.25, 0.3) is 11.0 Å². The van der Waals surface area contributed by atoms with Gasteiger partial charge in [-0.15, -0.1) is 0 Å². The molecule has 0 unspecified atom stereocenters. The standard InChI is InChI=1S/C13H13N3O2S/c1-8-5-9(16-18-8)7-19-13-14-11-4-3-10(17-2)6-12(11)15-13/h3-6H,7H2,1-2H3,(H,14,15). The van der Waals surface area contributed by atoms with Gasteiger partial charge in [0.05, 0.1) is 23.8 Å². The lowest BCUT2D eigenvalue weighted by Crippen LogP contribution is -1.81. The summed E-state index contributed by atoms with van der Waals surface area (Å²) >= 11 is 1.60. The molecular formula is C13H13N3O2S. The minimum absolute atomic E-state index is 0.730. The van der Waals surface area contributed by atoms with Crippen molar-refractivity contribution in [3.8, 4) is 5.75 Å². The van der Waals surface area contributed by atoms with E-state index in [0.717, 1.165) is 39.1 Å². The number of thioether (sulfide) groups is 1. The molecule has 0 atom stereocenters. The number of hydrogen-bond donors (Lipinski definition) is 1. The van der Waals surface area contributed by atoms with Crippen LogP contribution in [0.5, 0.6) is 5.75 Å². The molecule has 2 aromatic heterocycles. The van der Waals surface area contributed by atoms with Crippen LogP contribution < -0.4 is 4.74 Å². The van der Waals surface area contributed by atoms with E-state index in [1.54, 1.807) is 18.9 Å². The number of H-pyrrole nitrogens is 1. The molecular weight excluding hydrogens is 262 g/mol. The Morgan fingerprint density at radius 2 is 2.26 bits per heavy atom. The number of hydrogen-bond acceptors (Lipinski definition) is 5. The van der Waals surface area contributed by atoms with Gasteiger partial charge in [-0.2, -0.15) is 0 Å². The topological polar surface area (TPSA) is 63.9 Å². The van der Waals surface area contributed by atoms with Gasteiger partial charge in [-0.05, 0) is 19.1 Å². The van der Waals surface area contributed by atoms with Crippen molar-refractivity contribution >= 4 is 22.8 Å². The first-order valence-corrected chi connectivity index (χ1v) is 6.82. The van der Waals surface area contributed by atoms with Gasteiger partial charge < -0.3 is 14.2 Å². The fourth-order valence-corrected chi connectivity index (χ4v) is 2.55. The Kier molecular flexibility index (Phi) is 3.16. The molecule has 0 radical (unpaired) electrons. The molecule has 0 fully saturated rings. The highest BCUT2D eigenvalue weighted by atomic mass is 32.2. The van der Waals surface area contributed by atoms with Gasteiger partial charge in [0, 0.05) is 17.9 Å². The van der Waals surface area contributed by atoms with E-state index in [2.05, 4.69) is 15.1 Å². The highest BCUT2D eigenvalue weighted by Crippen LogP contribution is 2.25. The molecule has 19 heavy (non-hydrogen) atoms. The number of fused-ring (bicyclic) bond motifs is 1. The summed E-state index contributed by atoms with van der Waals surface area (Å²) in [5.74, 6) is 2.37. The molecule has 0 aliphatic rings. The van der Waals surface area contributed by atoms with Crippen molar-refractivity contribution in [2.45, 2.75) is 17.8 Å². The van der Waals surface area contributed by atoms with Gasteiger partial charge in [-0.25, -0.2) is 4.98 Å². The molecule has 0 bridgehead atoms. The Morgan fingerprint density at radius 1 is 1.37 bits per heavy atom. The summed E-state index contributed by atoms with van der Waals surface area (Å²) in [6.07, 6.45) is 0. The normalized spacial score (nSPS) is 11.1. The Hall–Kier alpha value is -1.95. The van der Waals surface area contributed by atoms with E-state index in [1.165, 1.54) is 0 Å². The lowest BCUT2D eigenvalue weighted by atomic mass is 10.3. The van der Waals surface area contributed by atoms with Crippen LogP contribution in [0.3, 0.4) is 0 Å². The summed E-state index contributed by atoms with van der Waals surface area (Å²) in [7, 11) is 1.65. The smallest absolute Gasteiger partial charge is 0.166 e. The highest BCUT2D eigenvalue weighted by molar-refractivity contribution is 7.98. The fraction of sp³-hybridized carbons (Fsp3) is 0.231. The van der Waals surface area contributed by atoms with Gasteiger partial charge in [-0.1, -0.05) is 16.9 Å². The number of aromatic nitrogens is 3. The molecule has 0 aliphatic carbocycles. The highest BCUT2D eigenvalue weighted by Gasteiger charge is 2.06. The number of aryl methyl sites for hydroxylation is 1. The van der Waals surface area contributed by atoms with Gasteiger partial charge in [0.15, 0.2) is 5.16 Å². The molecule has 3 rings (SSSR count). The summed E-state index contributed by atoms with van der Waals surface area (Å²) in [6, 6.07) is 7.71. The van der Waals surface area contributed by atoms with E-state index < -0.39 is 0 Å². The van der Waals surface area contributed by atoms with Crippen molar-refractivity contribution in [2.24, 2.45) is 0 Å². The number of imidazole rings is 1. The second-order valence-electron chi connectivity index (χ2n) is 4.14. The minimum Gasteiger partial charge on any atom is -0.497 e. The van der Waals surface area contributed by atoms with Crippen LogP contribution in [0.15, 0.2) is 33.9 Å². The molecule has 3 aromatic rings. The second-order valence-corrected chi connectivity index (χ2v) is 5.11. The monoisotopic (exact) mass is 275 g/mol. The number of benzene rings is 1. The van der Waals surface area contributed by atoms with Crippen molar-refractivity contribution < 1.29 is 9.26 Å². The maximum atomic E-state index is 5.19. The van der Waals surface area contributed by atoms with Crippen molar-refractivity contribution in [3.63, 3.8) is 0 Å². The molecule has 6 heteroatoms. The maximum absolute atomic E-state index is 5.19. The van der Waals surface area contributed by atoms with Gasteiger partial charge in [0.2, 0.25) is 0 Å². The number of ether oxygens (including phenoxy) is 1. The van der Waals surface area contributed by atoms with Gasteiger partial charge in [0.1, 0.15) is 11.5 Å². The Labute approximate surface area is 114 Å². The van der Waals surface area contributed by atoms with E-state index in [4.69, 9.17) is 9.26 Å². The number of methoxy groups -OCH3 is 1. The molecule has 1 aromatic carbocycles. The van der Waals surface area contributed by atoms with E-state index in [9.17, 15) is 0 Å². The number of rotatable bonds is 4. The SMILES string of the molecule is COc1ccc2nc(SCc3cc(C)on3)[nH]c2c1. The Morgan fingerprint density at radius 3 is 3.00 bits per heavy atom. The van der Waals surface area contributed by atoms with Gasteiger partial charge in [-0.3, -0.25) is 0 Å². The average Bonchev–Trinajstić information content (AvgIpc) is 3.01. The van der Waals surface area contributed by atoms with Crippen molar-refractivity contribution in [3.05, 3.63) is 35.7 Å². The van der Waals surface area contributed by atoms with Crippen LogP contribution in [0.1, 0.15) is 11.5 Å². The van der Waals surface area contributed by atoms with E-state index in [-0.39, 0.29) is 0 Å². The lowest BCUT2D eigenvalue weighted by molar-refractivity contribution is 0.393. The number of nitrogens with zero attached hydrogens (tertiary/aromatic N) is 2. The van der Waals surface area contributed by atoms with Crippen LogP contribution in [-0.2, 0) is 5.75 Å². The predicted molar refractivity (Wildman–Crippen MR) is 73.4 cm³/mol. The maximum Gasteiger partial charge on any atom is 0.166 e. The zero-order valence-corrected chi connectivity index (χ0v) is 11.5. The molecule has 0 saturated carbocycles. The second kappa shape index (κ2) is 4.97. The van der Waals surface area contributed by atoms with E-state index in [0.29, 0.717) is 0 Å². The van der Waals surface area contributed by atoms with Gasteiger partial charge >= 0.3 is 0 Å². The zero-order chi connectivity index (χ0) is 13.2. The Bertz CT molecular complexity index is 705. The minimum atomic E-state index is 0.730. The third-order valence-corrected chi connectivity index (χ3v) is 3.61. The number of aromatic amines is 1. The fourth-order valence-electron chi connectivity index (χ4n) is 1.79. The molecule has 0 amide bonds. The summed E-state index contributed by atoms with van der Waals surface area (Å²) in [4.78, 5) is 7.76. The van der Waals surface area contributed by atoms with E-state index in [1.807, 2.05) is 31.2 Å². The molecule has 0 aliphatic heterocycles. The molecule has 0 saturated heterocycles. The molecule has 0 spiro atoms. The summed E-state index contributed by atoms with van der Waals surface area (Å²) in [5, 5.41) is 4.82. The van der Waals surface area contributed by atoms with Crippen molar-refractivity contribution in [1.29, 1.82) is 0 Å². The third kappa shape index (κ3) is 2.58. The first kappa shape index (κ1) is 12.1. The Balaban J connectivity index is 1.77. The lowest BCUT2D eigenvalue weighted by Gasteiger charge is -1.96. The van der Waals surface area contributed by atoms with Crippen LogP contribution in [0.4, 0.5) is 0 Å². The molecule has 1 N–H and O–H groups in total.